The van der Waals surface area contributed by atoms with Gasteiger partial charge in [-0.05, 0) is 49.5 Å². The maximum absolute atomic E-state index is 11.6. The summed E-state index contributed by atoms with van der Waals surface area (Å²) < 4.78 is 0. The van der Waals surface area contributed by atoms with Crippen LogP contribution in [-0.4, -0.2) is 5.78 Å². The molecule has 3 atom stereocenters. The summed E-state index contributed by atoms with van der Waals surface area (Å²) in [4.78, 5) is 11.6. The van der Waals surface area contributed by atoms with Crippen LogP contribution in [0, 0.1) is 17.3 Å². The van der Waals surface area contributed by atoms with Crippen LogP contribution in [0.15, 0.2) is 23.8 Å². The van der Waals surface area contributed by atoms with Crippen LogP contribution in [-0.2, 0) is 4.79 Å². The minimum atomic E-state index is 0. The Morgan fingerprint density at radius 2 is 1.91 bits per heavy atom. The molecule has 1 saturated carbocycles. The van der Waals surface area contributed by atoms with Gasteiger partial charge in [0.15, 0.2) is 5.78 Å². The fraction of sp³-hybridized carbons (Fsp3) is 0.762. The Hall–Kier alpha value is -0.850. The third-order valence-electron chi connectivity index (χ3n) is 5.09. The van der Waals surface area contributed by atoms with E-state index in [1.807, 2.05) is 6.08 Å². The average molecular weight is 307 g/mol. The van der Waals surface area contributed by atoms with E-state index in [4.69, 9.17) is 0 Å². The lowest BCUT2D eigenvalue weighted by Gasteiger charge is -2.50. The van der Waals surface area contributed by atoms with E-state index < -0.39 is 0 Å². The average Bonchev–Trinajstić information content (AvgIpc) is 2.40. The molecule has 1 fully saturated rings. The van der Waals surface area contributed by atoms with Gasteiger partial charge in [0.2, 0.25) is 0 Å². The number of hydrogen-bond acceptors (Lipinski definition) is 1. The van der Waals surface area contributed by atoms with E-state index in [2.05, 4.69) is 41.2 Å². The van der Waals surface area contributed by atoms with Gasteiger partial charge in [-0.1, -0.05) is 72.1 Å². The minimum absolute atomic E-state index is 0. The van der Waals surface area contributed by atoms with Crippen molar-refractivity contribution in [2.45, 2.75) is 87.0 Å². The minimum Gasteiger partial charge on any atom is -0.295 e. The van der Waals surface area contributed by atoms with Crippen LogP contribution in [0.4, 0.5) is 0 Å². The van der Waals surface area contributed by atoms with Crippen molar-refractivity contribution >= 4 is 5.78 Å². The molecule has 0 aliphatic heterocycles. The molecule has 22 heavy (non-hydrogen) atoms. The molecule has 0 aromatic heterocycles. The summed E-state index contributed by atoms with van der Waals surface area (Å²) in [5.41, 5.74) is 2.92. The summed E-state index contributed by atoms with van der Waals surface area (Å²) in [5.74, 6) is 1.67. The molecular weight excluding hydrogens is 268 g/mol. The SMILES string of the molecule is C.C=C(C)C1C(CCC)CCC2=CC(=O)CCC21C.CCC. The third kappa shape index (κ3) is 4.57. The molecule has 0 amide bonds. The molecule has 0 heterocycles. The Bertz CT molecular complexity index is 404. The topological polar surface area (TPSA) is 17.1 Å². The summed E-state index contributed by atoms with van der Waals surface area (Å²) in [6.45, 7) is 15.3. The highest BCUT2D eigenvalue weighted by molar-refractivity contribution is 5.91. The van der Waals surface area contributed by atoms with Crippen molar-refractivity contribution in [3.63, 3.8) is 0 Å². The van der Waals surface area contributed by atoms with Crippen LogP contribution < -0.4 is 0 Å². The van der Waals surface area contributed by atoms with Crippen molar-refractivity contribution in [3.8, 4) is 0 Å². The van der Waals surface area contributed by atoms with E-state index in [9.17, 15) is 4.79 Å². The Morgan fingerprint density at radius 1 is 1.32 bits per heavy atom. The first kappa shape index (κ1) is 21.1. The molecule has 0 radical (unpaired) electrons. The number of allylic oxidation sites excluding steroid dienone is 3. The molecular formula is C21H38O. The summed E-state index contributed by atoms with van der Waals surface area (Å²) >= 11 is 0. The van der Waals surface area contributed by atoms with Crippen molar-refractivity contribution in [3.05, 3.63) is 23.8 Å². The molecule has 3 unspecified atom stereocenters. The van der Waals surface area contributed by atoms with Crippen LogP contribution >= 0.6 is 0 Å². The van der Waals surface area contributed by atoms with Crippen LogP contribution in [0.2, 0.25) is 0 Å². The van der Waals surface area contributed by atoms with Gasteiger partial charge < -0.3 is 0 Å². The second-order valence-electron chi connectivity index (χ2n) is 7.17. The smallest absolute Gasteiger partial charge is 0.155 e. The van der Waals surface area contributed by atoms with E-state index in [0.29, 0.717) is 11.7 Å². The molecule has 0 saturated heterocycles. The fourth-order valence-electron chi connectivity index (χ4n) is 4.34. The van der Waals surface area contributed by atoms with E-state index >= 15 is 0 Å². The van der Waals surface area contributed by atoms with Gasteiger partial charge in [0.05, 0.1) is 0 Å². The van der Waals surface area contributed by atoms with Gasteiger partial charge in [-0.2, -0.15) is 0 Å². The summed E-state index contributed by atoms with van der Waals surface area (Å²) in [7, 11) is 0. The number of ketones is 1. The van der Waals surface area contributed by atoms with Gasteiger partial charge in [0.1, 0.15) is 0 Å². The molecule has 128 valence electrons. The van der Waals surface area contributed by atoms with Gasteiger partial charge in [-0.25, -0.2) is 0 Å². The van der Waals surface area contributed by atoms with Crippen LogP contribution in [0.25, 0.3) is 0 Å². The van der Waals surface area contributed by atoms with Gasteiger partial charge in [0, 0.05) is 6.42 Å². The predicted octanol–water partition coefficient (Wildman–Crippen LogP) is 6.74. The van der Waals surface area contributed by atoms with E-state index in [-0.39, 0.29) is 12.8 Å². The second-order valence-corrected chi connectivity index (χ2v) is 7.17. The standard InChI is InChI=1S/C17H26O.C3H8.CH4/c1-5-6-13-7-8-14-11-15(18)9-10-17(14,4)16(13)12(2)3;1-3-2;/h11,13,16H,2,5-10H2,1,3-4H3;3H2,1-2H3;1H4. The molecule has 0 bridgehead atoms. The Labute approximate surface area is 139 Å². The van der Waals surface area contributed by atoms with Crippen molar-refractivity contribution < 1.29 is 4.79 Å². The molecule has 0 aromatic rings. The molecule has 1 nitrogen and oxygen atoms in total. The van der Waals surface area contributed by atoms with Gasteiger partial charge in [-0.15, -0.1) is 0 Å². The van der Waals surface area contributed by atoms with Gasteiger partial charge in [-0.3, -0.25) is 4.79 Å². The van der Waals surface area contributed by atoms with Crippen molar-refractivity contribution in [2.75, 3.05) is 0 Å². The molecule has 2 rings (SSSR count). The van der Waals surface area contributed by atoms with Crippen LogP contribution in [0.3, 0.4) is 0 Å². The summed E-state index contributed by atoms with van der Waals surface area (Å²) in [6, 6.07) is 0. The van der Waals surface area contributed by atoms with Gasteiger partial charge >= 0.3 is 0 Å². The maximum atomic E-state index is 11.6. The second kappa shape index (κ2) is 9.33. The number of carbonyl (C=O) groups excluding carboxylic acids is 1. The van der Waals surface area contributed by atoms with Crippen molar-refractivity contribution in [2.24, 2.45) is 17.3 Å². The predicted molar refractivity (Wildman–Crippen MR) is 99.1 cm³/mol. The zero-order chi connectivity index (χ0) is 16.0. The van der Waals surface area contributed by atoms with Gasteiger partial charge in [0.25, 0.3) is 0 Å². The van der Waals surface area contributed by atoms with E-state index in [1.165, 1.54) is 36.8 Å². The quantitative estimate of drug-likeness (QED) is 0.528. The molecule has 0 aromatic carbocycles. The Kier molecular flexibility index (Phi) is 8.96. The summed E-state index contributed by atoms with van der Waals surface area (Å²) in [5, 5.41) is 0. The first-order valence-corrected chi connectivity index (χ1v) is 8.79. The number of carbonyl (C=O) groups is 1. The van der Waals surface area contributed by atoms with Crippen molar-refractivity contribution in [1.82, 2.24) is 0 Å². The summed E-state index contributed by atoms with van der Waals surface area (Å²) in [6.07, 6.45) is 9.85. The molecule has 2 aliphatic carbocycles. The Morgan fingerprint density at radius 3 is 2.41 bits per heavy atom. The lowest BCUT2D eigenvalue weighted by atomic mass is 9.54. The highest BCUT2D eigenvalue weighted by Crippen LogP contribution is 2.55. The van der Waals surface area contributed by atoms with E-state index in [0.717, 1.165) is 25.2 Å². The zero-order valence-electron chi connectivity index (χ0n) is 14.8. The zero-order valence-corrected chi connectivity index (χ0v) is 14.8. The molecule has 0 N–H and O–H groups in total. The van der Waals surface area contributed by atoms with Crippen molar-refractivity contribution in [1.29, 1.82) is 0 Å². The lowest BCUT2D eigenvalue weighted by molar-refractivity contribution is -0.116. The first-order chi connectivity index (χ1) is 9.90. The highest BCUT2D eigenvalue weighted by Gasteiger charge is 2.46. The lowest BCUT2D eigenvalue weighted by Crippen LogP contribution is -2.41. The largest absolute Gasteiger partial charge is 0.295 e. The van der Waals surface area contributed by atoms with Crippen LogP contribution in [0.5, 0.6) is 0 Å². The highest BCUT2D eigenvalue weighted by atomic mass is 16.1. The monoisotopic (exact) mass is 306 g/mol. The number of rotatable bonds is 3. The first-order valence-electron chi connectivity index (χ1n) is 8.79. The number of hydrogen-bond donors (Lipinski definition) is 0. The maximum Gasteiger partial charge on any atom is 0.155 e. The normalized spacial score (nSPS) is 30.2. The number of fused-ring (bicyclic) bond motifs is 1. The molecule has 0 spiro atoms. The fourth-order valence-corrected chi connectivity index (χ4v) is 4.34. The van der Waals surface area contributed by atoms with E-state index in [1.54, 1.807) is 0 Å². The molecule has 1 heteroatoms. The Balaban J connectivity index is 0.00000102. The molecule has 2 aliphatic rings. The van der Waals surface area contributed by atoms with Crippen LogP contribution in [0.1, 0.15) is 87.0 Å². The third-order valence-corrected chi connectivity index (χ3v) is 5.09.